The Kier molecular flexibility index (Phi) is 3.86. The molecule has 0 amide bonds. The SMILES string of the molecule is Cc1ccc(-c2nc(Nc3ccc(N)cc3)sc2C)c(C)c1. The van der Waals surface area contributed by atoms with E-state index in [0.29, 0.717) is 0 Å². The number of nitrogens with zero attached hydrogens (tertiary/aromatic N) is 1. The van der Waals surface area contributed by atoms with Crippen molar-refractivity contribution >= 4 is 27.8 Å². The van der Waals surface area contributed by atoms with Crippen molar-refractivity contribution in [2.75, 3.05) is 11.1 Å². The molecule has 3 N–H and O–H groups in total. The molecule has 0 atom stereocenters. The van der Waals surface area contributed by atoms with Crippen LogP contribution in [0.2, 0.25) is 0 Å². The van der Waals surface area contributed by atoms with Crippen LogP contribution in [0.15, 0.2) is 42.5 Å². The molecule has 4 heteroatoms. The van der Waals surface area contributed by atoms with E-state index in [-0.39, 0.29) is 0 Å². The number of rotatable bonds is 3. The summed E-state index contributed by atoms with van der Waals surface area (Å²) in [4.78, 5) is 5.98. The van der Waals surface area contributed by atoms with E-state index in [1.807, 2.05) is 24.3 Å². The van der Waals surface area contributed by atoms with Crippen molar-refractivity contribution in [3.63, 3.8) is 0 Å². The Morgan fingerprint density at radius 2 is 1.73 bits per heavy atom. The molecule has 2 aromatic carbocycles. The van der Waals surface area contributed by atoms with Gasteiger partial charge in [-0.25, -0.2) is 4.98 Å². The largest absolute Gasteiger partial charge is 0.399 e. The Morgan fingerprint density at radius 1 is 1.00 bits per heavy atom. The molecule has 112 valence electrons. The highest BCUT2D eigenvalue weighted by molar-refractivity contribution is 7.16. The zero-order valence-electron chi connectivity index (χ0n) is 13.0. The Labute approximate surface area is 134 Å². The van der Waals surface area contributed by atoms with E-state index in [9.17, 15) is 0 Å². The van der Waals surface area contributed by atoms with Crippen molar-refractivity contribution in [2.45, 2.75) is 20.8 Å². The zero-order valence-corrected chi connectivity index (χ0v) is 13.8. The first kappa shape index (κ1) is 14.6. The van der Waals surface area contributed by atoms with Crippen molar-refractivity contribution < 1.29 is 0 Å². The van der Waals surface area contributed by atoms with Gasteiger partial charge in [-0.2, -0.15) is 0 Å². The first-order valence-electron chi connectivity index (χ1n) is 7.20. The van der Waals surface area contributed by atoms with Gasteiger partial charge in [0.15, 0.2) is 5.13 Å². The summed E-state index contributed by atoms with van der Waals surface area (Å²) >= 11 is 1.67. The van der Waals surface area contributed by atoms with Crippen LogP contribution in [0, 0.1) is 20.8 Å². The summed E-state index contributed by atoms with van der Waals surface area (Å²) in [5.41, 5.74) is 12.3. The van der Waals surface area contributed by atoms with E-state index >= 15 is 0 Å². The fourth-order valence-electron chi connectivity index (χ4n) is 2.47. The van der Waals surface area contributed by atoms with Crippen LogP contribution in [0.4, 0.5) is 16.5 Å². The molecule has 3 aromatic rings. The van der Waals surface area contributed by atoms with E-state index in [1.165, 1.54) is 21.6 Å². The van der Waals surface area contributed by atoms with Crippen LogP contribution in [-0.2, 0) is 0 Å². The number of hydrogen-bond donors (Lipinski definition) is 2. The van der Waals surface area contributed by atoms with Crippen molar-refractivity contribution in [3.05, 3.63) is 58.5 Å². The lowest BCUT2D eigenvalue weighted by Crippen LogP contribution is -1.91. The Hall–Kier alpha value is -2.33. The van der Waals surface area contributed by atoms with Crippen LogP contribution in [0.5, 0.6) is 0 Å². The van der Waals surface area contributed by atoms with Gasteiger partial charge in [0.25, 0.3) is 0 Å². The smallest absolute Gasteiger partial charge is 0.187 e. The van der Waals surface area contributed by atoms with Gasteiger partial charge in [-0.1, -0.05) is 23.8 Å². The second-order valence-corrected chi connectivity index (χ2v) is 6.69. The fourth-order valence-corrected chi connectivity index (χ4v) is 3.32. The van der Waals surface area contributed by atoms with Gasteiger partial charge in [0.05, 0.1) is 5.69 Å². The van der Waals surface area contributed by atoms with Crippen LogP contribution in [0.3, 0.4) is 0 Å². The summed E-state index contributed by atoms with van der Waals surface area (Å²) in [5, 5.41) is 4.25. The highest BCUT2D eigenvalue weighted by atomic mass is 32.1. The lowest BCUT2D eigenvalue weighted by Gasteiger charge is -2.05. The molecule has 0 fully saturated rings. The number of nitrogens with one attached hydrogen (secondary N) is 1. The molecule has 0 unspecified atom stereocenters. The van der Waals surface area contributed by atoms with Crippen molar-refractivity contribution in [1.29, 1.82) is 0 Å². The Bertz CT molecular complexity index is 804. The van der Waals surface area contributed by atoms with Gasteiger partial charge in [-0.3, -0.25) is 0 Å². The quantitative estimate of drug-likeness (QED) is 0.665. The second-order valence-electron chi connectivity index (χ2n) is 5.49. The molecule has 1 heterocycles. The minimum atomic E-state index is 0.761. The molecule has 0 aliphatic heterocycles. The topological polar surface area (TPSA) is 50.9 Å². The Morgan fingerprint density at radius 3 is 2.41 bits per heavy atom. The third-order valence-corrected chi connectivity index (χ3v) is 4.48. The molecule has 3 nitrogen and oxygen atoms in total. The fraction of sp³-hybridized carbons (Fsp3) is 0.167. The molecule has 0 bridgehead atoms. The molecule has 0 saturated heterocycles. The molecule has 1 aromatic heterocycles. The molecule has 0 saturated carbocycles. The maximum absolute atomic E-state index is 5.71. The van der Waals surface area contributed by atoms with E-state index in [4.69, 9.17) is 10.7 Å². The Balaban J connectivity index is 1.92. The number of aryl methyl sites for hydroxylation is 3. The summed E-state index contributed by atoms with van der Waals surface area (Å²) in [6.07, 6.45) is 0. The number of aromatic nitrogens is 1. The third kappa shape index (κ3) is 2.97. The predicted molar refractivity (Wildman–Crippen MR) is 95.9 cm³/mol. The summed E-state index contributed by atoms with van der Waals surface area (Å²) < 4.78 is 0. The van der Waals surface area contributed by atoms with Gasteiger partial charge >= 0.3 is 0 Å². The number of benzene rings is 2. The molecule has 22 heavy (non-hydrogen) atoms. The van der Waals surface area contributed by atoms with Crippen LogP contribution in [-0.4, -0.2) is 4.98 Å². The summed E-state index contributed by atoms with van der Waals surface area (Å²) in [6, 6.07) is 14.2. The van der Waals surface area contributed by atoms with Crippen molar-refractivity contribution in [3.8, 4) is 11.3 Å². The monoisotopic (exact) mass is 309 g/mol. The van der Waals surface area contributed by atoms with Gasteiger partial charge in [0, 0.05) is 21.8 Å². The first-order valence-corrected chi connectivity index (χ1v) is 8.02. The lowest BCUT2D eigenvalue weighted by atomic mass is 10.0. The van der Waals surface area contributed by atoms with Crippen LogP contribution in [0.25, 0.3) is 11.3 Å². The normalized spacial score (nSPS) is 10.7. The van der Waals surface area contributed by atoms with Crippen molar-refractivity contribution in [1.82, 2.24) is 4.98 Å². The standard InChI is InChI=1S/C18H19N3S/c1-11-4-9-16(12(2)10-11)17-13(3)22-18(21-17)20-15-7-5-14(19)6-8-15/h4-10H,19H2,1-3H3,(H,20,21). The first-order chi connectivity index (χ1) is 10.5. The highest BCUT2D eigenvalue weighted by Gasteiger charge is 2.12. The van der Waals surface area contributed by atoms with Gasteiger partial charge in [-0.15, -0.1) is 11.3 Å². The molecular weight excluding hydrogens is 290 g/mol. The number of nitrogen functional groups attached to an aromatic ring is 1. The minimum Gasteiger partial charge on any atom is -0.399 e. The number of hydrogen-bond acceptors (Lipinski definition) is 4. The van der Waals surface area contributed by atoms with E-state index in [2.05, 4.69) is 44.3 Å². The molecule has 0 aliphatic carbocycles. The van der Waals surface area contributed by atoms with Gasteiger partial charge in [-0.05, 0) is 50.6 Å². The van der Waals surface area contributed by atoms with E-state index < -0.39 is 0 Å². The molecule has 0 spiro atoms. The maximum Gasteiger partial charge on any atom is 0.187 e. The van der Waals surface area contributed by atoms with Crippen LogP contribution < -0.4 is 11.1 Å². The average molecular weight is 309 g/mol. The van der Waals surface area contributed by atoms with Gasteiger partial charge in [0.1, 0.15) is 0 Å². The van der Waals surface area contributed by atoms with Gasteiger partial charge < -0.3 is 11.1 Å². The minimum absolute atomic E-state index is 0.761. The van der Waals surface area contributed by atoms with E-state index in [1.54, 1.807) is 11.3 Å². The average Bonchev–Trinajstić information content (AvgIpc) is 2.82. The predicted octanol–water partition coefficient (Wildman–Crippen LogP) is 5.06. The zero-order chi connectivity index (χ0) is 15.7. The molecule has 3 rings (SSSR count). The summed E-state index contributed by atoms with van der Waals surface area (Å²) in [5.74, 6) is 0. The highest BCUT2D eigenvalue weighted by Crippen LogP contribution is 2.33. The molecule has 0 radical (unpaired) electrons. The van der Waals surface area contributed by atoms with Crippen LogP contribution >= 0.6 is 11.3 Å². The van der Waals surface area contributed by atoms with Crippen molar-refractivity contribution in [2.24, 2.45) is 0 Å². The van der Waals surface area contributed by atoms with Gasteiger partial charge in [0.2, 0.25) is 0 Å². The molecular formula is C18H19N3S. The maximum atomic E-state index is 5.71. The molecule has 0 aliphatic rings. The second kappa shape index (κ2) is 5.81. The summed E-state index contributed by atoms with van der Waals surface area (Å²) in [7, 11) is 0. The third-order valence-electron chi connectivity index (χ3n) is 3.60. The van der Waals surface area contributed by atoms with E-state index in [0.717, 1.165) is 22.2 Å². The number of thiazole rings is 1. The number of nitrogens with two attached hydrogens (primary N) is 1. The van der Waals surface area contributed by atoms with Crippen LogP contribution in [0.1, 0.15) is 16.0 Å². The lowest BCUT2D eigenvalue weighted by molar-refractivity contribution is 1.31. The summed E-state index contributed by atoms with van der Waals surface area (Å²) in [6.45, 7) is 6.35. The number of anilines is 3.